The Bertz CT molecular complexity index is 2700. The van der Waals surface area contributed by atoms with E-state index < -0.39 is 0 Å². The van der Waals surface area contributed by atoms with E-state index in [1.807, 2.05) is 48.7 Å². The van der Waals surface area contributed by atoms with Crippen LogP contribution < -0.4 is 0 Å². The van der Waals surface area contributed by atoms with Crippen molar-refractivity contribution in [1.29, 1.82) is 5.41 Å². The maximum atomic E-state index is 9.21. The molecule has 52 heavy (non-hydrogen) atoms. The van der Waals surface area contributed by atoms with Gasteiger partial charge >= 0.3 is 0 Å². The first kappa shape index (κ1) is 31.3. The molecule has 8 aromatic rings. The molecular weight excluding hydrogens is 633 g/mol. The molecule has 1 heterocycles. The van der Waals surface area contributed by atoms with Gasteiger partial charge in [-0.2, -0.15) is 0 Å². The van der Waals surface area contributed by atoms with E-state index in [1.165, 1.54) is 38.5 Å². The van der Waals surface area contributed by atoms with Crippen LogP contribution in [0.15, 0.2) is 180 Å². The number of benzene rings is 7. The van der Waals surface area contributed by atoms with Crippen molar-refractivity contribution in [2.75, 3.05) is 0 Å². The molecule has 0 radical (unpaired) electrons. The van der Waals surface area contributed by atoms with Crippen LogP contribution in [-0.4, -0.2) is 22.5 Å². The van der Waals surface area contributed by atoms with Gasteiger partial charge in [0.25, 0.3) is 0 Å². The number of amidine groups is 2. The van der Waals surface area contributed by atoms with Crippen LogP contribution in [0.4, 0.5) is 0 Å². The Labute approximate surface area is 303 Å². The van der Waals surface area contributed by atoms with Crippen LogP contribution in [-0.2, 0) is 5.41 Å². The van der Waals surface area contributed by atoms with Gasteiger partial charge in [0.2, 0.25) is 0 Å². The van der Waals surface area contributed by atoms with Crippen LogP contribution in [0.5, 0.6) is 0 Å². The van der Waals surface area contributed by atoms with E-state index in [9.17, 15) is 5.41 Å². The normalized spacial score (nSPS) is 13.5. The molecule has 0 amide bonds. The number of para-hydroxylation sites is 2. The average molecular weight is 669 g/mol. The Morgan fingerprint density at radius 1 is 0.596 bits per heavy atom. The molecule has 0 bridgehead atoms. The number of hydrogen-bond donors (Lipinski definition) is 1. The highest BCUT2D eigenvalue weighted by molar-refractivity contribution is 6.17. The van der Waals surface area contributed by atoms with E-state index in [2.05, 4.69) is 146 Å². The second-order valence-corrected chi connectivity index (χ2v) is 13.8. The molecule has 0 fully saturated rings. The molecule has 0 atom stereocenters. The zero-order valence-corrected chi connectivity index (χ0v) is 29.1. The van der Waals surface area contributed by atoms with Crippen LogP contribution in [0.25, 0.3) is 49.7 Å². The Balaban J connectivity index is 1.10. The average Bonchev–Trinajstić information content (AvgIpc) is 3.65. The Kier molecular flexibility index (Phi) is 7.59. The first-order valence-electron chi connectivity index (χ1n) is 17.7. The number of fused-ring (bicyclic) bond motifs is 6. The van der Waals surface area contributed by atoms with Crippen molar-refractivity contribution in [2.45, 2.75) is 19.3 Å². The Morgan fingerprint density at radius 3 is 2.06 bits per heavy atom. The van der Waals surface area contributed by atoms with Crippen LogP contribution in [0.1, 0.15) is 41.7 Å². The molecule has 1 aliphatic carbocycles. The molecule has 0 saturated heterocycles. The number of nitrogens with zero attached hydrogens (tertiary/aromatic N) is 3. The minimum Gasteiger partial charge on any atom is -0.309 e. The molecular formula is C48H36N4. The zero-order chi connectivity index (χ0) is 35.2. The third kappa shape index (κ3) is 5.28. The largest absolute Gasteiger partial charge is 0.309 e. The van der Waals surface area contributed by atoms with Gasteiger partial charge in [0, 0.05) is 39.2 Å². The van der Waals surface area contributed by atoms with Crippen LogP contribution in [0.3, 0.4) is 0 Å². The topological polar surface area (TPSA) is 53.5 Å². The van der Waals surface area contributed by atoms with E-state index in [1.54, 1.807) is 0 Å². The minimum absolute atomic E-state index is 0.154. The van der Waals surface area contributed by atoms with Crippen LogP contribution in [0, 0.1) is 5.41 Å². The third-order valence-corrected chi connectivity index (χ3v) is 10.4. The van der Waals surface area contributed by atoms with E-state index >= 15 is 0 Å². The van der Waals surface area contributed by atoms with Crippen molar-refractivity contribution < 1.29 is 0 Å². The van der Waals surface area contributed by atoms with Crippen LogP contribution >= 0.6 is 0 Å². The quantitative estimate of drug-likeness (QED) is 0.140. The Hall–Kier alpha value is -6.65. The van der Waals surface area contributed by atoms with Gasteiger partial charge in [-0.15, -0.1) is 0 Å². The predicted octanol–water partition coefficient (Wildman–Crippen LogP) is 11.6. The number of nitrogens with one attached hydrogen (secondary N) is 1. The fraction of sp³-hybridized carbons (Fsp3) is 0.0625. The summed E-state index contributed by atoms with van der Waals surface area (Å²) >= 11 is 0. The monoisotopic (exact) mass is 668 g/mol. The van der Waals surface area contributed by atoms with E-state index in [0.717, 1.165) is 39.1 Å². The summed E-state index contributed by atoms with van der Waals surface area (Å²) in [4.78, 5) is 9.89. The van der Waals surface area contributed by atoms with Crippen molar-refractivity contribution >= 4 is 39.7 Å². The summed E-state index contributed by atoms with van der Waals surface area (Å²) in [6, 6.07) is 59.0. The molecule has 0 unspecified atom stereocenters. The first-order chi connectivity index (χ1) is 25.5. The van der Waals surface area contributed by atoms with Gasteiger partial charge < -0.3 is 4.57 Å². The molecule has 9 rings (SSSR count). The zero-order valence-electron chi connectivity index (χ0n) is 29.1. The van der Waals surface area contributed by atoms with Gasteiger partial charge in [0.05, 0.1) is 11.0 Å². The lowest BCUT2D eigenvalue weighted by atomic mass is 9.82. The fourth-order valence-electron chi connectivity index (χ4n) is 7.77. The van der Waals surface area contributed by atoms with Crippen molar-refractivity contribution in [3.63, 3.8) is 0 Å². The molecule has 4 nitrogen and oxygen atoms in total. The highest BCUT2D eigenvalue weighted by atomic mass is 15.0. The summed E-state index contributed by atoms with van der Waals surface area (Å²) in [5.41, 5.74) is 13.0. The van der Waals surface area contributed by atoms with Gasteiger partial charge in [0.1, 0.15) is 0 Å². The summed E-state index contributed by atoms with van der Waals surface area (Å²) in [5.74, 6) is 0.679. The number of aromatic nitrogens is 1. The summed E-state index contributed by atoms with van der Waals surface area (Å²) < 4.78 is 2.33. The summed E-state index contributed by atoms with van der Waals surface area (Å²) in [7, 11) is 0. The highest BCUT2D eigenvalue weighted by Gasteiger charge is 2.37. The molecule has 7 aromatic carbocycles. The third-order valence-electron chi connectivity index (χ3n) is 10.4. The maximum absolute atomic E-state index is 9.21. The summed E-state index contributed by atoms with van der Waals surface area (Å²) in [6.45, 7) is 4.54. The van der Waals surface area contributed by atoms with Crippen molar-refractivity contribution in [3.05, 3.63) is 198 Å². The van der Waals surface area contributed by atoms with Gasteiger partial charge in [-0.1, -0.05) is 153 Å². The van der Waals surface area contributed by atoms with Crippen molar-refractivity contribution in [1.82, 2.24) is 4.57 Å². The molecule has 1 aliphatic rings. The second-order valence-electron chi connectivity index (χ2n) is 13.8. The molecule has 248 valence electrons. The van der Waals surface area contributed by atoms with Gasteiger partial charge in [-0.05, 0) is 69.3 Å². The fourth-order valence-corrected chi connectivity index (χ4v) is 7.77. The smallest absolute Gasteiger partial charge is 0.162 e. The number of aliphatic imine (C=N–C) groups is 2. The molecule has 0 spiro atoms. The minimum atomic E-state index is -0.154. The van der Waals surface area contributed by atoms with E-state index in [0.29, 0.717) is 5.84 Å². The standard InChI is InChI=1S/C48H36N4/c1-48(2)41-21-11-9-19-38(41)45-39(20-13-22-42(45)48)47(50-31-32-14-5-3-6-15-32)51-46(49)34-26-24-33(25-27-34)35-28-29-44-40(30-35)37-18-10-12-23-43(37)52(44)36-16-7-4-8-17-36/h3-31,49H,1-2H3. The number of hydrogen-bond acceptors (Lipinski definition) is 1. The lowest BCUT2D eigenvalue weighted by molar-refractivity contribution is 0.660. The van der Waals surface area contributed by atoms with Gasteiger partial charge in [-0.25, -0.2) is 9.98 Å². The summed E-state index contributed by atoms with van der Waals surface area (Å²) in [6.07, 6.45) is 1.84. The highest BCUT2D eigenvalue weighted by Crippen LogP contribution is 2.50. The Morgan fingerprint density at radius 2 is 1.25 bits per heavy atom. The molecule has 0 saturated carbocycles. The maximum Gasteiger partial charge on any atom is 0.162 e. The SMILES string of the molecule is CC1(C)c2ccccc2-c2c(C(N=Cc3ccccc3)=NC(=N)c3ccc(-c4ccc5c(c4)c4ccccc4n5-c4ccccc4)cc3)cccc21. The first-order valence-corrected chi connectivity index (χ1v) is 17.7. The number of rotatable bonds is 5. The summed E-state index contributed by atoms with van der Waals surface area (Å²) in [5, 5.41) is 11.6. The second kappa shape index (κ2) is 12.6. The molecule has 4 heteroatoms. The van der Waals surface area contributed by atoms with E-state index in [4.69, 9.17) is 9.98 Å². The van der Waals surface area contributed by atoms with Crippen LogP contribution in [0.2, 0.25) is 0 Å². The van der Waals surface area contributed by atoms with Crippen molar-refractivity contribution in [2.24, 2.45) is 9.98 Å². The lowest BCUT2D eigenvalue weighted by Gasteiger charge is -2.21. The van der Waals surface area contributed by atoms with Gasteiger partial charge in [-0.3, -0.25) is 5.41 Å². The predicted molar refractivity (Wildman–Crippen MR) is 218 cm³/mol. The lowest BCUT2D eigenvalue weighted by Crippen LogP contribution is -2.15. The molecule has 1 N–H and O–H groups in total. The van der Waals surface area contributed by atoms with Crippen molar-refractivity contribution in [3.8, 4) is 27.9 Å². The van der Waals surface area contributed by atoms with E-state index in [-0.39, 0.29) is 11.3 Å². The van der Waals surface area contributed by atoms with Gasteiger partial charge in [0.15, 0.2) is 11.7 Å². The molecule has 0 aliphatic heterocycles. The molecule has 1 aromatic heterocycles.